The number of hydrogen-bond acceptors (Lipinski definition) is 9. The lowest BCUT2D eigenvalue weighted by Gasteiger charge is -2.30. The molecule has 5 amide bonds. The number of hydrogen-bond donors (Lipinski definition) is 3. The van der Waals surface area contributed by atoms with Crippen molar-refractivity contribution >= 4 is 39.9 Å². The minimum Gasteiger partial charge on any atom is -0.444 e. The first-order valence-electron chi connectivity index (χ1n) is 18.1. The molecule has 3 heterocycles. The van der Waals surface area contributed by atoms with Gasteiger partial charge in [0.1, 0.15) is 35.1 Å². The zero-order valence-corrected chi connectivity index (χ0v) is 30.6. The predicted octanol–water partition coefficient (Wildman–Crippen LogP) is 3.19. The van der Waals surface area contributed by atoms with Gasteiger partial charge in [0, 0.05) is 25.4 Å². The molecule has 3 aliphatic heterocycles. The molecule has 14 nitrogen and oxygen atoms in total. The summed E-state index contributed by atoms with van der Waals surface area (Å²) in [6.07, 6.45) is 5.76. The molecule has 3 N–H and O–H groups in total. The molecule has 0 spiro atoms. The largest absolute Gasteiger partial charge is 0.444 e. The van der Waals surface area contributed by atoms with Crippen molar-refractivity contribution in [2.75, 3.05) is 13.1 Å². The van der Waals surface area contributed by atoms with E-state index in [2.05, 4.69) is 15.4 Å². The van der Waals surface area contributed by atoms with E-state index in [0.717, 1.165) is 24.0 Å². The Labute approximate surface area is 303 Å². The number of amides is 5. The van der Waals surface area contributed by atoms with Crippen molar-refractivity contribution in [1.29, 1.82) is 0 Å². The number of fused-ring (bicyclic) bond motifs is 3. The number of nitrogens with one attached hydrogen (secondary N) is 3. The number of ether oxygens (including phenoxy) is 2. The van der Waals surface area contributed by atoms with Gasteiger partial charge >= 0.3 is 12.2 Å². The fourth-order valence-corrected chi connectivity index (χ4v) is 8.56. The highest BCUT2D eigenvalue weighted by atomic mass is 32.2. The molecular formula is C36H48FN5O9S. The number of alkyl carbamates (subject to hydrolysis) is 1. The maximum absolute atomic E-state index is 14.3. The Hall–Kier alpha value is -4.21. The van der Waals surface area contributed by atoms with Gasteiger partial charge in [-0.1, -0.05) is 31.1 Å². The average molecular weight is 746 g/mol. The summed E-state index contributed by atoms with van der Waals surface area (Å²) < 4.78 is 52.8. The standard InChI is InChI=1S/C36H48FN5O9S/c1-35(2,3)51-33(46)38-28-10-8-6-4-5-7-9-24-19-36(24,32(45)40-52(48,49)27-13-14-27)39-30(43)29-18-26(21-42(29)31(28)44)50-34(47)41-16-15-22-17-25(37)12-11-23(22)20-41/h7,9,11-12,17,24,26-29H,4-6,8,10,13-16,18-21H2,1-3H3,(H,38,46)(H,39,43)(H,40,45)/t24-,26-,28-,29+,36-/m1/s1. The van der Waals surface area contributed by atoms with E-state index in [4.69, 9.17) is 9.47 Å². The van der Waals surface area contributed by atoms with Crippen molar-refractivity contribution in [3.05, 3.63) is 47.3 Å². The van der Waals surface area contributed by atoms with E-state index in [0.29, 0.717) is 32.1 Å². The second-order valence-corrected chi connectivity index (χ2v) is 17.5. The molecule has 0 unspecified atom stereocenters. The molecule has 5 aliphatic rings. The van der Waals surface area contributed by atoms with Crippen molar-refractivity contribution < 1.29 is 46.3 Å². The Morgan fingerprint density at radius 2 is 1.83 bits per heavy atom. The van der Waals surface area contributed by atoms with Crippen LogP contribution >= 0.6 is 0 Å². The Bertz CT molecular complexity index is 1740. The van der Waals surface area contributed by atoms with Crippen LogP contribution in [0.1, 0.15) is 89.7 Å². The van der Waals surface area contributed by atoms with Gasteiger partial charge < -0.3 is 29.9 Å². The van der Waals surface area contributed by atoms with Crippen LogP contribution in [0.15, 0.2) is 30.4 Å². The number of benzene rings is 1. The summed E-state index contributed by atoms with van der Waals surface area (Å²) in [5.74, 6) is -2.94. The molecule has 1 aromatic carbocycles. The monoisotopic (exact) mass is 745 g/mol. The summed E-state index contributed by atoms with van der Waals surface area (Å²) >= 11 is 0. The van der Waals surface area contributed by atoms with Crippen molar-refractivity contribution in [1.82, 2.24) is 25.2 Å². The summed E-state index contributed by atoms with van der Waals surface area (Å²) in [6.45, 7) is 5.42. The molecule has 3 fully saturated rings. The van der Waals surface area contributed by atoms with Gasteiger partial charge in [-0.15, -0.1) is 0 Å². The molecule has 1 saturated heterocycles. The van der Waals surface area contributed by atoms with Crippen LogP contribution in [0.4, 0.5) is 14.0 Å². The van der Waals surface area contributed by atoms with Gasteiger partial charge in [0.15, 0.2) is 0 Å². The lowest BCUT2D eigenvalue weighted by molar-refractivity contribution is -0.141. The summed E-state index contributed by atoms with van der Waals surface area (Å²) in [5.41, 5.74) is -0.790. The van der Waals surface area contributed by atoms with E-state index in [-0.39, 0.29) is 44.7 Å². The molecular weight excluding hydrogens is 697 g/mol. The number of rotatable bonds is 5. The average Bonchev–Trinajstić information content (AvgIpc) is 3.99. The van der Waals surface area contributed by atoms with Crippen LogP contribution in [0.5, 0.6) is 0 Å². The lowest BCUT2D eigenvalue weighted by atomic mass is 10.00. The van der Waals surface area contributed by atoms with E-state index in [9.17, 15) is 36.8 Å². The Morgan fingerprint density at radius 1 is 1.06 bits per heavy atom. The molecule has 52 heavy (non-hydrogen) atoms. The molecule has 16 heteroatoms. The zero-order chi connectivity index (χ0) is 37.4. The van der Waals surface area contributed by atoms with Crippen molar-refractivity contribution in [3.8, 4) is 0 Å². The number of carbonyl (C=O) groups is 5. The molecule has 0 bridgehead atoms. The second-order valence-electron chi connectivity index (χ2n) is 15.5. The normalized spacial score (nSPS) is 28.2. The number of nitrogens with zero attached hydrogens (tertiary/aromatic N) is 2. The first kappa shape index (κ1) is 37.5. The lowest BCUT2D eigenvalue weighted by Crippen LogP contribution is -2.58. The third kappa shape index (κ3) is 8.69. The van der Waals surface area contributed by atoms with Crippen LogP contribution in [-0.2, 0) is 46.8 Å². The highest BCUT2D eigenvalue weighted by Gasteiger charge is 2.62. The first-order chi connectivity index (χ1) is 24.5. The second kappa shape index (κ2) is 14.7. The fourth-order valence-electron chi connectivity index (χ4n) is 7.19. The SMILES string of the molecule is CC(C)(C)OC(=O)N[C@@H]1CCCCCC=C[C@@H]2C[C@@]2(C(=O)NS(=O)(=O)C2CC2)NC(=O)[C@@H]2C[C@@H](OC(=O)N3CCc4cc(F)ccc4C3)CN2C1=O. The van der Waals surface area contributed by atoms with Gasteiger partial charge in [-0.3, -0.25) is 19.1 Å². The molecule has 284 valence electrons. The van der Waals surface area contributed by atoms with Gasteiger partial charge in [0.2, 0.25) is 21.8 Å². The van der Waals surface area contributed by atoms with E-state index in [1.54, 1.807) is 26.8 Å². The smallest absolute Gasteiger partial charge is 0.410 e. The minimum atomic E-state index is -3.91. The highest BCUT2D eigenvalue weighted by Crippen LogP contribution is 2.46. The van der Waals surface area contributed by atoms with Crippen LogP contribution < -0.4 is 15.4 Å². The molecule has 2 saturated carbocycles. The summed E-state index contributed by atoms with van der Waals surface area (Å²) in [5, 5.41) is 4.82. The van der Waals surface area contributed by atoms with Crippen LogP contribution in [0, 0.1) is 11.7 Å². The van der Waals surface area contributed by atoms with E-state index in [1.165, 1.54) is 21.9 Å². The molecule has 2 aliphatic carbocycles. The fraction of sp³-hybridized carbons (Fsp3) is 0.639. The summed E-state index contributed by atoms with van der Waals surface area (Å²) in [6, 6.07) is 2.13. The molecule has 0 aromatic heterocycles. The van der Waals surface area contributed by atoms with E-state index in [1.807, 2.05) is 12.2 Å². The highest BCUT2D eigenvalue weighted by molar-refractivity contribution is 7.91. The van der Waals surface area contributed by atoms with E-state index < -0.39 is 80.4 Å². The third-order valence-electron chi connectivity index (χ3n) is 10.2. The topological polar surface area (TPSA) is 181 Å². The Balaban J connectivity index is 1.24. The van der Waals surface area contributed by atoms with Crippen molar-refractivity contribution in [3.63, 3.8) is 0 Å². The van der Waals surface area contributed by atoms with Gasteiger partial charge in [-0.25, -0.2) is 22.4 Å². The Kier molecular flexibility index (Phi) is 10.6. The van der Waals surface area contributed by atoms with Crippen molar-refractivity contribution in [2.24, 2.45) is 5.92 Å². The number of sulfonamides is 1. The number of halogens is 1. The quantitative estimate of drug-likeness (QED) is 0.382. The zero-order valence-electron chi connectivity index (χ0n) is 29.8. The van der Waals surface area contributed by atoms with Gasteiger partial charge in [-0.2, -0.15) is 0 Å². The van der Waals surface area contributed by atoms with E-state index >= 15 is 0 Å². The predicted molar refractivity (Wildman–Crippen MR) is 185 cm³/mol. The van der Waals surface area contributed by atoms with Gasteiger partial charge in [0.25, 0.3) is 5.91 Å². The molecule has 0 radical (unpaired) electrons. The van der Waals surface area contributed by atoms with Crippen LogP contribution in [0.3, 0.4) is 0 Å². The van der Waals surface area contributed by atoms with Crippen molar-refractivity contribution in [2.45, 2.75) is 126 Å². The Morgan fingerprint density at radius 3 is 2.56 bits per heavy atom. The maximum atomic E-state index is 14.3. The summed E-state index contributed by atoms with van der Waals surface area (Å²) in [4.78, 5) is 71.2. The third-order valence-corrected chi connectivity index (χ3v) is 12.1. The maximum Gasteiger partial charge on any atom is 0.410 e. The molecule has 1 aromatic rings. The first-order valence-corrected chi connectivity index (χ1v) is 19.7. The van der Waals surface area contributed by atoms with Gasteiger partial charge in [-0.05, 0) is 89.0 Å². The van der Waals surface area contributed by atoms with Crippen LogP contribution in [0.2, 0.25) is 0 Å². The minimum absolute atomic E-state index is 0.101. The molecule has 5 atom stereocenters. The van der Waals surface area contributed by atoms with Gasteiger partial charge in [0.05, 0.1) is 11.8 Å². The number of allylic oxidation sites excluding steroid dienone is 1. The summed E-state index contributed by atoms with van der Waals surface area (Å²) in [7, 11) is -3.91. The van der Waals surface area contributed by atoms with Crippen LogP contribution in [-0.4, -0.2) is 95.8 Å². The molecule has 6 rings (SSSR count). The number of carbonyl (C=O) groups excluding carboxylic acids is 5. The van der Waals surface area contributed by atoms with Crippen LogP contribution in [0.25, 0.3) is 0 Å².